The van der Waals surface area contributed by atoms with Gasteiger partial charge < -0.3 is 0 Å². The van der Waals surface area contributed by atoms with Crippen LogP contribution in [0.4, 0.5) is 11.4 Å². The Kier molecular flexibility index (Phi) is 4.35. The first-order valence-electron chi connectivity index (χ1n) is 9.64. The number of halogens is 1. The molecule has 0 atom stereocenters. The van der Waals surface area contributed by atoms with Gasteiger partial charge in [0.05, 0.1) is 0 Å². The zero-order chi connectivity index (χ0) is 19.2. The van der Waals surface area contributed by atoms with Crippen LogP contribution in [0, 0.1) is 0 Å². The van der Waals surface area contributed by atoms with Crippen molar-refractivity contribution in [1.82, 2.24) is 0 Å². The first kappa shape index (κ1) is 18.0. The fourth-order valence-corrected chi connectivity index (χ4v) is 11.8. The van der Waals surface area contributed by atoms with E-state index >= 15 is 0 Å². The Labute approximate surface area is 174 Å². The molecule has 0 N–H and O–H groups in total. The first-order chi connectivity index (χ1) is 13.6. The molecular formula is C23H20IN2O2-. The molecule has 4 nitrogen and oxygen atoms in total. The van der Waals surface area contributed by atoms with Gasteiger partial charge in [-0.3, -0.25) is 0 Å². The maximum atomic E-state index is 10.5. The number of rotatable bonds is 4. The summed E-state index contributed by atoms with van der Waals surface area (Å²) in [5.74, 6) is 0. The van der Waals surface area contributed by atoms with Crippen molar-refractivity contribution < 1.29 is 30.8 Å². The van der Waals surface area contributed by atoms with Crippen LogP contribution >= 0.6 is 0 Å². The first-order valence-corrected chi connectivity index (χ1v) is 12.1. The number of hydrogen-bond acceptors (Lipinski definition) is 4. The van der Waals surface area contributed by atoms with E-state index in [1.54, 1.807) is 12.2 Å². The molecule has 4 aliphatic rings. The minimum atomic E-state index is 0.243. The van der Waals surface area contributed by atoms with Gasteiger partial charge in [0, 0.05) is 0 Å². The summed E-state index contributed by atoms with van der Waals surface area (Å²) in [6, 6.07) is 16.5. The quantitative estimate of drug-likeness (QED) is 0.287. The third-order valence-electron chi connectivity index (χ3n) is 6.79. The number of nitrogens with zero attached hydrogens (tertiary/aromatic N) is 2. The topological polar surface area (TPSA) is 58.9 Å². The van der Waals surface area contributed by atoms with Crippen molar-refractivity contribution in [2.45, 2.75) is 50.8 Å². The number of hydrogen-bond donors (Lipinski definition) is 0. The summed E-state index contributed by atoms with van der Waals surface area (Å²) in [6.07, 6.45) is 9.67. The second-order valence-electron chi connectivity index (χ2n) is 8.37. The second-order valence-corrected chi connectivity index (χ2v) is 12.6. The van der Waals surface area contributed by atoms with Crippen LogP contribution in [-0.2, 0) is 20.4 Å². The van der Waals surface area contributed by atoms with Gasteiger partial charge in [0.2, 0.25) is 0 Å². The van der Waals surface area contributed by atoms with Crippen molar-refractivity contribution in [3.8, 4) is 0 Å². The molecule has 4 fully saturated rings. The molecule has 2 saturated heterocycles. The zero-order valence-corrected chi connectivity index (χ0v) is 17.6. The molecular weight excluding hydrogens is 463 g/mol. The Morgan fingerprint density at radius 2 is 1.11 bits per heavy atom. The van der Waals surface area contributed by atoms with Crippen molar-refractivity contribution in [2.24, 2.45) is 9.98 Å². The molecule has 6 rings (SSSR count). The Morgan fingerprint density at radius 3 is 1.46 bits per heavy atom. The van der Waals surface area contributed by atoms with Gasteiger partial charge in [0.15, 0.2) is 0 Å². The summed E-state index contributed by atoms with van der Waals surface area (Å²) in [5.41, 5.74) is 4.65. The molecule has 28 heavy (non-hydrogen) atoms. The monoisotopic (exact) mass is 483 g/mol. The Bertz CT molecular complexity index is 908. The SMILES string of the molecule is O=C=Nc1ccc(C23CC4CC(c5ccc(N=C=O)cc5)(CC(C2)[I-]4)C3)cc1. The second kappa shape index (κ2) is 6.77. The van der Waals surface area contributed by atoms with E-state index in [1.165, 1.54) is 43.2 Å². The Morgan fingerprint density at radius 1 is 0.714 bits per heavy atom. The summed E-state index contributed by atoms with van der Waals surface area (Å²) >= 11 is 0.263. The standard InChI is InChI=1S/C23H20IN2O2/c27-14-25-20-5-1-16(2-6-20)22-9-18-11-23(13-22,12-19(10-22)24-18)17-3-7-21(8-4-17)26-15-28/h1-8,18-19H,9-13H2/q-1. The van der Waals surface area contributed by atoms with Crippen LogP contribution < -0.4 is 21.2 Å². The van der Waals surface area contributed by atoms with Crippen LogP contribution in [0.25, 0.3) is 0 Å². The third kappa shape index (κ3) is 2.89. The normalized spacial score (nSPS) is 32.7. The van der Waals surface area contributed by atoms with E-state index < -0.39 is 0 Å². The van der Waals surface area contributed by atoms with Crippen molar-refractivity contribution in [3.05, 3.63) is 59.7 Å². The molecule has 2 aliphatic carbocycles. The molecule has 2 aliphatic heterocycles. The minimum absolute atomic E-state index is 0.243. The fraction of sp³-hybridized carbons (Fsp3) is 0.391. The van der Waals surface area contributed by atoms with E-state index in [1.807, 2.05) is 24.3 Å². The third-order valence-corrected chi connectivity index (χ3v) is 10.6. The van der Waals surface area contributed by atoms with Crippen LogP contribution in [-0.4, -0.2) is 20.0 Å². The predicted octanol–water partition coefficient (Wildman–Crippen LogP) is 1.61. The van der Waals surface area contributed by atoms with E-state index in [2.05, 4.69) is 34.3 Å². The summed E-state index contributed by atoms with van der Waals surface area (Å²) in [5, 5.41) is 0. The van der Waals surface area contributed by atoms with Crippen LogP contribution in [0.15, 0.2) is 58.5 Å². The molecule has 2 aromatic carbocycles. The molecule has 2 heterocycles. The molecule has 0 spiro atoms. The van der Waals surface area contributed by atoms with Crippen LogP contribution in [0.5, 0.6) is 0 Å². The van der Waals surface area contributed by atoms with Gasteiger partial charge in [-0.15, -0.1) is 0 Å². The summed E-state index contributed by atoms with van der Waals surface area (Å²) < 4.78 is 1.75. The Balaban J connectivity index is 1.53. The molecule has 2 saturated carbocycles. The van der Waals surface area contributed by atoms with E-state index in [0.717, 1.165) is 7.85 Å². The van der Waals surface area contributed by atoms with Crippen LogP contribution in [0.2, 0.25) is 0 Å². The van der Waals surface area contributed by atoms with Crippen LogP contribution in [0.1, 0.15) is 43.2 Å². The van der Waals surface area contributed by atoms with Gasteiger partial charge in [-0.1, -0.05) is 0 Å². The molecule has 5 heteroatoms. The summed E-state index contributed by atoms with van der Waals surface area (Å²) in [7, 11) is 0. The summed E-state index contributed by atoms with van der Waals surface area (Å²) in [6.45, 7) is 0. The van der Waals surface area contributed by atoms with Gasteiger partial charge in [-0.25, -0.2) is 0 Å². The number of isocyanates is 2. The molecule has 0 radical (unpaired) electrons. The number of benzene rings is 2. The predicted molar refractivity (Wildman–Crippen MR) is 102 cm³/mol. The average molecular weight is 483 g/mol. The van der Waals surface area contributed by atoms with Crippen molar-refractivity contribution in [3.63, 3.8) is 0 Å². The van der Waals surface area contributed by atoms with Crippen LogP contribution in [0.3, 0.4) is 0 Å². The zero-order valence-electron chi connectivity index (χ0n) is 15.4. The van der Waals surface area contributed by atoms with Gasteiger partial charge in [-0.2, -0.15) is 0 Å². The van der Waals surface area contributed by atoms with E-state index in [-0.39, 0.29) is 32.0 Å². The van der Waals surface area contributed by atoms with Gasteiger partial charge in [0.25, 0.3) is 0 Å². The van der Waals surface area contributed by atoms with E-state index in [0.29, 0.717) is 11.4 Å². The molecule has 142 valence electrons. The van der Waals surface area contributed by atoms with Gasteiger partial charge >= 0.3 is 175 Å². The van der Waals surface area contributed by atoms with Crippen molar-refractivity contribution in [1.29, 1.82) is 0 Å². The molecule has 0 amide bonds. The molecule has 0 aromatic heterocycles. The van der Waals surface area contributed by atoms with Crippen molar-refractivity contribution in [2.75, 3.05) is 0 Å². The van der Waals surface area contributed by atoms with E-state index in [9.17, 15) is 9.59 Å². The number of carbonyl (C=O) groups excluding carboxylic acids is 2. The summed E-state index contributed by atoms with van der Waals surface area (Å²) in [4.78, 5) is 28.5. The maximum absolute atomic E-state index is 10.5. The van der Waals surface area contributed by atoms with Gasteiger partial charge in [0.1, 0.15) is 0 Å². The average Bonchev–Trinajstić information content (AvgIpc) is 2.68. The van der Waals surface area contributed by atoms with E-state index in [4.69, 9.17) is 0 Å². The fourth-order valence-electron chi connectivity index (χ4n) is 5.93. The van der Waals surface area contributed by atoms with Crippen molar-refractivity contribution >= 4 is 23.5 Å². The number of aliphatic imine (C=N–C) groups is 2. The molecule has 2 aromatic rings. The Hall–Kier alpha value is -2.07. The molecule has 4 bridgehead atoms. The number of alkyl halides is 2. The molecule has 0 unspecified atom stereocenters. The van der Waals surface area contributed by atoms with Gasteiger partial charge in [-0.05, 0) is 0 Å².